The van der Waals surface area contributed by atoms with Crippen LogP contribution in [-0.4, -0.2) is 40.8 Å². The van der Waals surface area contributed by atoms with E-state index >= 15 is 0 Å². The van der Waals surface area contributed by atoms with Crippen molar-refractivity contribution in [3.05, 3.63) is 24.3 Å². The van der Waals surface area contributed by atoms with Gasteiger partial charge in [0.2, 0.25) is 5.13 Å². The fourth-order valence-electron chi connectivity index (χ4n) is 1.39. The van der Waals surface area contributed by atoms with Gasteiger partial charge in [0.1, 0.15) is 5.75 Å². The van der Waals surface area contributed by atoms with Gasteiger partial charge in [-0.1, -0.05) is 23.1 Å². The van der Waals surface area contributed by atoms with Crippen LogP contribution in [0.4, 0.5) is 15.6 Å². The van der Waals surface area contributed by atoms with Crippen molar-refractivity contribution in [3.63, 3.8) is 0 Å². The predicted octanol–water partition coefficient (Wildman–Crippen LogP) is 2.28. The molecule has 0 atom stereocenters. The lowest BCUT2D eigenvalue weighted by molar-refractivity contribution is 0.262. The molecule has 7 nitrogen and oxygen atoms in total. The molecule has 0 aliphatic rings. The Bertz CT molecular complexity index is 588. The number of hydrogen-bond acceptors (Lipinski definition) is 7. The molecule has 0 saturated carbocycles. The third-order valence-corrected chi connectivity index (χ3v) is 4.24. The zero-order valence-electron chi connectivity index (χ0n) is 11.2. The van der Waals surface area contributed by atoms with E-state index in [0.29, 0.717) is 20.9 Å². The van der Waals surface area contributed by atoms with E-state index in [1.807, 2.05) is 0 Å². The minimum Gasteiger partial charge on any atom is -0.497 e. The minimum absolute atomic E-state index is 0.0744. The number of nitrogens with one attached hydrogen (secondary N) is 2. The third kappa shape index (κ3) is 4.88. The van der Waals surface area contributed by atoms with E-state index in [4.69, 9.17) is 9.84 Å². The molecule has 1 aromatic heterocycles. The van der Waals surface area contributed by atoms with Crippen LogP contribution in [-0.2, 0) is 0 Å². The van der Waals surface area contributed by atoms with E-state index in [2.05, 4.69) is 20.8 Å². The van der Waals surface area contributed by atoms with Gasteiger partial charge in [0.05, 0.1) is 13.7 Å². The number of aromatic nitrogens is 2. The van der Waals surface area contributed by atoms with Crippen LogP contribution in [0.1, 0.15) is 0 Å². The summed E-state index contributed by atoms with van der Waals surface area (Å²) in [7, 11) is 1.58. The molecule has 0 spiro atoms. The molecular weight excluding hydrogens is 312 g/mol. The minimum atomic E-state index is -0.393. The molecule has 2 rings (SSSR count). The summed E-state index contributed by atoms with van der Waals surface area (Å²) in [6.07, 6.45) is 0. The van der Waals surface area contributed by atoms with Gasteiger partial charge in [-0.05, 0) is 24.3 Å². The Labute approximate surface area is 129 Å². The summed E-state index contributed by atoms with van der Waals surface area (Å²) in [4.78, 5) is 11.8. The van der Waals surface area contributed by atoms with Gasteiger partial charge in [-0.15, -0.1) is 10.2 Å². The van der Waals surface area contributed by atoms with Gasteiger partial charge in [0.15, 0.2) is 4.34 Å². The molecule has 0 fully saturated rings. The van der Waals surface area contributed by atoms with Crippen LogP contribution in [0.15, 0.2) is 28.6 Å². The normalized spacial score (nSPS) is 10.2. The standard InChI is InChI=1S/C12H14N4O3S2/c1-19-9-4-2-8(3-5-9)13-10(18)14-11-15-16-12(21-11)20-7-6-17/h2-5,17H,6-7H2,1H3,(H2,13,14,15,18). The number of urea groups is 1. The number of carbonyl (C=O) groups is 1. The van der Waals surface area contributed by atoms with Gasteiger partial charge < -0.3 is 15.2 Å². The first-order chi connectivity index (χ1) is 10.2. The molecule has 2 amide bonds. The zero-order chi connectivity index (χ0) is 15.1. The molecular formula is C12H14N4O3S2. The number of carbonyl (C=O) groups excluding carboxylic acids is 1. The van der Waals surface area contributed by atoms with Crippen LogP contribution in [0.25, 0.3) is 0 Å². The summed E-state index contributed by atoms with van der Waals surface area (Å²) < 4.78 is 5.74. The number of ether oxygens (including phenoxy) is 1. The van der Waals surface area contributed by atoms with E-state index in [-0.39, 0.29) is 6.61 Å². The van der Waals surface area contributed by atoms with Gasteiger partial charge in [-0.2, -0.15) is 0 Å². The number of nitrogens with zero attached hydrogens (tertiary/aromatic N) is 2. The van der Waals surface area contributed by atoms with Crippen LogP contribution in [0, 0.1) is 0 Å². The topological polar surface area (TPSA) is 96.4 Å². The summed E-state index contributed by atoms with van der Waals surface area (Å²) in [5.74, 6) is 1.27. The first kappa shape index (κ1) is 15.5. The highest BCUT2D eigenvalue weighted by molar-refractivity contribution is 8.01. The van der Waals surface area contributed by atoms with Crippen LogP contribution >= 0.6 is 23.1 Å². The highest BCUT2D eigenvalue weighted by Gasteiger charge is 2.08. The monoisotopic (exact) mass is 326 g/mol. The van der Waals surface area contributed by atoms with Crippen molar-refractivity contribution in [1.82, 2.24) is 10.2 Å². The van der Waals surface area contributed by atoms with E-state index in [1.54, 1.807) is 31.4 Å². The molecule has 0 bridgehead atoms. The Balaban J connectivity index is 1.87. The molecule has 1 heterocycles. The fraction of sp³-hybridized carbons (Fsp3) is 0.250. The van der Waals surface area contributed by atoms with Crippen LogP contribution < -0.4 is 15.4 Å². The number of hydrogen-bond donors (Lipinski definition) is 3. The molecule has 112 valence electrons. The largest absolute Gasteiger partial charge is 0.497 e. The van der Waals surface area contributed by atoms with Crippen molar-refractivity contribution in [2.75, 3.05) is 30.1 Å². The maximum Gasteiger partial charge on any atom is 0.325 e. The first-order valence-corrected chi connectivity index (χ1v) is 7.80. The highest BCUT2D eigenvalue weighted by atomic mass is 32.2. The average Bonchev–Trinajstić information content (AvgIpc) is 2.93. The van der Waals surface area contributed by atoms with Crippen LogP contribution in [0.5, 0.6) is 5.75 Å². The molecule has 0 radical (unpaired) electrons. The third-order valence-electron chi connectivity index (χ3n) is 2.29. The molecule has 0 unspecified atom stereocenters. The number of amides is 2. The summed E-state index contributed by atoms with van der Waals surface area (Å²) in [5.41, 5.74) is 0.646. The number of thioether (sulfide) groups is 1. The SMILES string of the molecule is COc1ccc(NC(=O)Nc2nnc(SCCO)s2)cc1. The Hall–Kier alpha value is -1.84. The summed E-state index contributed by atoms with van der Waals surface area (Å²) >= 11 is 2.64. The molecule has 1 aromatic carbocycles. The lowest BCUT2D eigenvalue weighted by Gasteiger charge is -2.05. The van der Waals surface area contributed by atoms with Crippen molar-refractivity contribution in [3.8, 4) is 5.75 Å². The number of rotatable bonds is 6. The van der Waals surface area contributed by atoms with Gasteiger partial charge in [0.25, 0.3) is 0 Å². The molecule has 2 aromatic rings. The second kappa shape index (κ2) is 7.81. The lowest BCUT2D eigenvalue weighted by Crippen LogP contribution is -2.19. The van der Waals surface area contributed by atoms with Gasteiger partial charge in [-0.3, -0.25) is 5.32 Å². The second-order valence-electron chi connectivity index (χ2n) is 3.75. The molecule has 0 aliphatic heterocycles. The number of methoxy groups -OCH3 is 1. The van der Waals surface area contributed by atoms with Gasteiger partial charge in [-0.25, -0.2) is 4.79 Å². The number of anilines is 2. The van der Waals surface area contributed by atoms with Crippen LogP contribution in [0.2, 0.25) is 0 Å². The van der Waals surface area contributed by atoms with Crippen molar-refractivity contribution < 1.29 is 14.6 Å². The van der Waals surface area contributed by atoms with E-state index in [0.717, 1.165) is 5.75 Å². The summed E-state index contributed by atoms with van der Waals surface area (Å²) in [6.45, 7) is 0.0744. The second-order valence-corrected chi connectivity index (χ2v) is 6.07. The predicted molar refractivity (Wildman–Crippen MR) is 83.4 cm³/mol. The Morgan fingerprint density at radius 2 is 2.10 bits per heavy atom. The van der Waals surface area contributed by atoms with Crippen molar-refractivity contribution in [1.29, 1.82) is 0 Å². The molecule has 0 aliphatic carbocycles. The van der Waals surface area contributed by atoms with Gasteiger partial charge in [0, 0.05) is 11.4 Å². The zero-order valence-corrected chi connectivity index (χ0v) is 12.8. The van der Waals surface area contributed by atoms with Gasteiger partial charge >= 0.3 is 6.03 Å². The van der Waals surface area contributed by atoms with Crippen molar-refractivity contribution in [2.24, 2.45) is 0 Å². The molecule has 3 N–H and O–H groups in total. The molecule has 0 saturated heterocycles. The van der Waals surface area contributed by atoms with Crippen LogP contribution in [0.3, 0.4) is 0 Å². The first-order valence-electron chi connectivity index (χ1n) is 6.00. The van der Waals surface area contributed by atoms with E-state index in [1.165, 1.54) is 23.1 Å². The quantitative estimate of drug-likeness (QED) is 0.557. The maximum absolute atomic E-state index is 11.8. The number of aliphatic hydroxyl groups is 1. The van der Waals surface area contributed by atoms with Crippen molar-refractivity contribution >= 4 is 39.9 Å². The fourth-order valence-corrected chi connectivity index (χ4v) is 2.94. The smallest absolute Gasteiger partial charge is 0.325 e. The molecule has 21 heavy (non-hydrogen) atoms. The Morgan fingerprint density at radius 3 is 2.76 bits per heavy atom. The molecule has 9 heteroatoms. The lowest BCUT2D eigenvalue weighted by atomic mass is 10.3. The van der Waals surface area contributed by atoms with E-state index < -0.39 is 6.03 Å². The Morgan fingerprint density at radius 1 is 1.33 bits per heavy atom. The number of benzene rings is 1. The van der Waals surface area contributed by atoms with E-state index in [9.17, 15) is 4.79 Å². The summed E-state index contributed by atoms with van der Waals surface area (Å²) in [6, 6.07) is 6.59. The number of aliphatic hydroxyl groups excluding tert-OH is 1. The average molecular weight is 326 g/mol. The summed E-state index contributed by atoms with van der Waals surface area (Å²) in [5, 5.41) is 22.2. The maximum atomic E-state index is 11.8. The Kier molecular flexibility index (Phi) is 5.78. The van der Waals surface area contributed by atoms with Crippen molar-refractivity contribution in [2.45, 2.75) is 4.34 Å². The highest BCUT2D eigenvalue weighted by Crippen LogP contribution is 2.25.